The molecule has 0 bridgehead atoms. The van der Waals surface area contributed by atoms with Crippen LogP contribution in [0.25, 0.3) is 0 Å². The summed E-state index contributed by atoms with van der Waals surface area (Å²) in [5, 5.41) is 7.10. The summed E-state index contributed by atoms with van der Waals surface area (Å²) in [7, 11) is 0.737. The first-order valence-corrected chi connectivity index (χ1v) is 4.47. The molecule has 0 aromatic rings. The SMILES string of the molecule is CCC[P+](O)(O)O.[B]C#N. The highest BCUT2D eigenvalue weighted by atomic mass is 31.2. The van der Waals surface area contributed by atoms with Crippen molar-refractivity contribution in [2.75, 3.05) is 6.16 Å². The summed E-state index contributed by atoms with van der Waals surface area (Å²) in [5.41, 5.74) is 0. The van der Waals surface area contributed by atoms with Gasteiger partial charge in [0.05, 0.1) is 0 Å². The third-order valence-electron chi connectivity index (χ3n) is 0.524. The predicted octanol–water partition coefficient (Wildman–Crippen LogP) is -0.228. The van der Waals surface area contributed by atoms with Crippen LogP contribution in [-0.2, 0) is 0 Å². The smallest absolute Gasteiger partial charge is 0.214 e. The van der Waals surface area contributed by atoms with Gasteiger partial charge in [-0.25, -0.2) is 5.26 Å². The zero-order valence-electron chi connectivity index (χ0n) is 5.73. The summed E-state index contributed by atoms with van der Waals surface area (Å²) < 4.78 is 0. The number of rotatable bonds is 2. The van der Waals surface area contributed by atoms with E-state index in [2.05, 4.69) is 7.85 Å². The van der Waals surface area contributed by atoms with Crippen molar-refractivity contribution in [1.82, 2.24) is 0 Å². The second kappa shape index (κ2) is 6.98. The fraction of sp³-hybridized carbons (Fsp3) is 0.750. The van der Waals surface area contributed by atoms with Crippen molar-refractivity contribution >= 4 is 15.8 Å². The summed E-state index contributed by atoms with van der Waals surface area (Å²) in [4.78, 5) is 24.7. The quantitative estimate of drug-likeness (QED) is 0.386. The number of hydrogen-bond donors (Lipinski definition) is 3. The third-order valence-corrected chi connectivity index (χ3v) is 1.57. The second-order valence-electron chi connectivity index (χ2n) is 1.55. The van der Waals surface area contributed by atoms with Gasteiger partial charge in [0.1, 0.15) is 6.16 Å². The Bertz CT molecular complexity index is 108. The minimum atomic E-state index is -3.42. The minimum Gasteiger partial charge on any atom is -0.214 e. The lowest BCUT2D eigenvalue weighted by atomic mass is 10.2. The zero-order chi connectivity index (χ0) is 8.62. The summed E-state index contributed by atoms with van der Waals surface area (Å²) in [5.74, 6) is 1.25. The second-order valence-corrected chi connectivity index (χ2v) is 3.38. The van der Waals surface area contributed by atoms with Crippen LogP contribution in [0.5, 0.6) is 0 Å². The van der Waals surface area contributed by atoms with Gasteiger partial charge in [0.25, 0.3) is 0 Å². The molecule has 0 spiro atoms. The van der Waals surface area contributed by atoms with Crippen molar-refractivity contribution in [3.8, 4) is 5.97 Å². The maximum Gasteiger partial charge on any atom is 0.403 e. The molecule has 0 amide bonds. The van der Waals surface area contributed by atoms with Gasteiger partial charge >= 0.3 is 7.94 Å². The molecule has 2 radical (unpaired) electrons. The molecule has 0 saturated heterocycles. The standard InChI is InChI=1S/C3H10O3P.CBN/c1-2-3-7(4,5)6;2-1-3/h4-6H,2-3H2,1H3;/q+1;. The van der Waals surface area contributed by atoms with Gasteiger partial charge in [-0.05, 0) is 12.4 Å². The van der Waals surface area contributed by atoms with Gasteiger partial charge in [-0.3, -0.25) is 0 Å². The van der Waals surface area contributed by atoms with E-state index < -0.39 is 7.94 Å². The van der Waals surface area contributed by atoms with Crippen molar-refractivity contribution in [2.45, 2.75) is 13.3 Å². The molecule has 0 atom stereocenters. The number of nitriles is 1. The normalized spacial score (nSPS) is 9.10. The Balaban J connectivity index is 0. The van der Waals surface area contributed by atoms with E-state index >= 15 is 0 Å². The molecular weight excluding hydrogens is 152 g/mol. The summed E-state index contributed by atoms with van der Waals surface area (Å²) >= 11 is 0. The van der Waals surface area contributed by atoms with Gasteiger partial charge in [0.15, 0.2) is 0 Å². The van der Waals surface area contributed by atoms with Crippen molar-refractivity contribution in [3.63, 3.8) is 0 Å². The molecule has 0 heterocycles. The molecule has 0 rings (SSSR count). The van der Waals surface area contributed by atoms with E-state index in [9.17, 15) is 0 Å². The first-order chi connectivity index (χ1) is 4.47. The fourth-order valence-corrected chi connectivity index (χ4v) is 0.900. The number of hydrogen-bond acceptors (Lipinski definition) is 4. The summed E-state index contributed by atoms with van der Waals surface area (Å²) in [6.45, 7) is 1.78. The van der Waals surface area contributed by atoms with E-state index in [0.29, 0.717) is 6.42 Å². The van der Waals surface area contributed by atoms with Crippen LogP contribution in [0.4, 0.5) is 0 Å². The maximum atomic E-state index is 8.24. The first kappa shape index (κ1) is 12.5. The Morgan fingerprint density at radius 2 is 1.80 bits per heavy atom. The van der Waals surface area contributed by atoms with Crippen LogP contribution in [0.2, 0.25) is 0 Å². The predicted molar refractivity (Wildman–Crippen MR) is 40.1 cm³/mol. The average Bonchev–Trinajstić information content (AvgIpc) is 1.63. The zero-order valence-corrected chi connectivity index (χ0v) is 6.62. The molecule has 0 aliphatic heterocycles. The lowest BCUT2D eigenvalue weighted by molar-refractivity contribution is 0.330. The van der Waals surface area contributed by atoms with Crippen LogP contribution >= 0.6 is 7.94 Å². The van der Waals surface area contributed by atoms with Crippen LogP contribution in [0.15, 0.2) is 0 Å². The van der Waals surface area contributed by atoms with Crippen LogP contribution < -0.4 is 0 Å². The average molecular weight is 162 g/mol. The van der Waals surface area contributed by atoms with E-state index in [1.54, 1.807) is 6.92 Å². The van der Waals surface area contributed by atoms with Gasteiger partial charge in [0.2, 0.25) is 7.85 Å². The van der Waals surface area contributed by atoms with Crippen LogP contribution in [0.3, 0.4) is 0 Å². The first-order valence-electron chi connectivity index (χ1n) is 2.64. The highest BCUT2D eigenvalue weighted by molar-refractivity contribution is 7.58. The van der Waals surface area contributed by atoms with Crippen molar-refractivity contribution in [1.29, 1.82) is 5.26 Å². The van der Waals surface area contributed by atoms with Gasteiger partial charge in [0, 0.05) is 0 Å². The number of nitrogens with zero attached hydrogens (tertiary/aromatic N) is 1. The van der Waals surface area contributed by atoms with Crippen molar-refractivity contribution in [2.24, 2.45) is 0 Å². The largest absolute Gasteiger partial charge is 0.403 e. The highest BCUT2D eigenvalue weighted by Gasteiger charge is 2.26. The maximum absolute atomic E-state index is 8.24. The van der Waals surface area contributed by atoms with Crippen LogP contribution in [-0.4, -0.2) is 28.7 Å². The Labute approximate surface area is 62.1 Å². The molecule has 10 heavy (non-hydrogen) atoms. The van der Waals surface area contributed by atoms with Gasteiger partial charge in [-0.2, -0.15) is 14.7 Å². The molecule has 0 aromatic carbocycles. The van der Waals surface area contributed by atoms with Crippen molar-refractivity contribution in [3.05, 3.63) is 0 Å². The molecule has 4 nitrogen and oxygen atoms in total. The molecule has 3 N–H and O–H groups in total. The topological polar surface area (TPSA) is 84.5 Å². The Hall–Kier alpha value is -0.135. The van der Waals surface area contributed by atoms with E-state index in [0.717, 1.165) is 0 Å². The molecule has 0 aliphatic carbocycles. The monoisotopic (exact) mass is 162 g/mol. The van der Waals surface area contributed by atoms with Gasteiger partial charge < -0.3 is 0 Å². The Morgan fingerprint density at radius 3 is 1.80 bits per heavy atom. The highest BCUT2D eigenvalue weighted by Crippen LogP contribution is 2.44. The summed E-state index contributed by atoms with van der Waals surface area (Å²) in [6, 6.07) is 0. The molecule has 56 valence electrons. The van der Waals surface area contributed by atoms with Gasteiger partial charge in [-0.1, -0.05) is 6.92 Å². The molecule has 0 aliphatic rings. The molecular formula is C4H10BNO3P+. The molecule has 0 aromatic heterocycles. The van der Waals surface area contributed by atoms with E-state index in [-0.39, 0.29) is 6.16 Å². The fourth-order valence-electron chi connectivity index (χ4n) is 0.300. The summed E-state index contributed by atoms with van der Waals surface area (Å²) in [6.07, 6.45) is 0.726. The molecule has 0 unspecified atom stereocenters. The lowest BCUT2D eigenvalue weighted by Crippen LogP contribution is -1.91. The van der Waals surface area contributed by atoms with E-state index in [4.69, 9.17) is 19.9 Å². The molecule has 0 saturated carbocycles. The van der Waals surface area contributed by atoms with Gasteiger partial charge in [-0.15, -0.1) is 0 Å². The van der Waals surface area contributed by atoms with Crippen molar-refractivity contribution < 1.29 is 14.7 Å². The van der Waals surface area contributed by atoms with E-state index in [1.807, 2.05) is 0 Å². The van der Waals surface area contributed by atoms with Crippen LogP contribution in [0, 0.1) is 11.2 Å². The van der Waals surface area contributed by atoms with E-state index in [1.165, 1.54) is 5.97 Å². The Kier molecular flexibility index (Phi) is 8.75. The minimum absolute atomic E-state index is 0.118. The third kappa shape index (κ3) is 24.8. The Morgan fingerprint density at radius 1 is 1.50 bits per heavy atom. The molecule has 6 heteroatoms. The molecule has 0 fully saturated rings. The van der Waals surface area contributed by atoms with Crippen LogP contribution in [0.1, 0.15) is 13.3 Å². The lowest BCUT2D eigenvalue weighted by Gasteiger charge is -1.98.